The average molecular weight is 370 g/mol. The lowest BCUT2D eigenvalue weighted by atomic mass is 10.2. The second kappa shape index (κ2) is 7.28. The number of aryl methyl sites for hydroxylation is 1. The minimum Gasteiger partial charge on any atom is -0.360 e. The molecule has 4 rings (SSSR count). The highest BCUT2D eigenvalue weighted by Gasteiger charge is 2.22. The summed E-state index contributed by atoms with van der Waals surface area (Å²) in [6.07, 6.45) is 1.46. The molecular formula is C18H19FN6O2. The zero-order valence-corrected chi connectivity index (χ0v) is 14.9. The first-order valence-corrected chi connectivity index (χ1v) is 8.70. The van der Waals surface area contributed by atoms with Crippen LogP contribution >= 0.6 is 0 Å². The third-order valence-electron chi connectivity index (χ3n) is 4.53. The second-order valence-corrected chi connectivity index (χ2v) is 6.47. The molecule has 0 saturated carbocycles. The average Bonchev–Trinajstić information content (AvgIpc) is 3.07. The summed E-state index contributed by atoms with van der Waals surface area (Å²) in [4.78, 5) is 24.6. The minimum atomic E-state index is -0.326. The highest BCUT2D eigenvalue weighted by atomic mass is 19.1. The van der Waals surface area contributed by atoms with E-state index in [-0.39, 0.29) is 18.3 Å². The third-order valence-corrected chi connectivity index (χ3v) is 4.53. The van der Waals surface area contributed by atoms with E-state index in [4.69, 9.17) is 4.52 Å². The van der Waals surface area contributed by atoms with Gasteiger partial charge in [-0.1, -0.05) is 11.2 Å². The molecular weight excluding hydrogens is 351 g/mol. The van der Waals surface area contributed by atoms with Crippen LogP contribution in [0.1, 0.15) is 5.76 Å². The molecule has 27 heavy (non-hydrogen) atoms. The molecule has 1 fully saturated rings. The Bertz CT molecular complexity index is 962. The SMILES string of the molecule is Cc1cc(NC(=O)CN2CCN(c3ncnc4cccc(F)c34)CC2)no1. The number of carbonyl (C=O) groups is 1. The van der Waals surface area contributed by atoms with Gasteiger partial charge >= 0.3 is 0 Å². The van der Waals surface area contributed by atoms with Crippen molar-refractivity contribution in [1.29, 1.82) is 0 Å². The number of rotatable bonds is 4. The molecule has 1 aromatic carbocycles. The lowest BCUT2D eigenvalue weighted by molar-refractivity contribution is -0.117. The van der Waals surface area contributed by atoms with Crippen LogP contribution in [0.2, 0.25) is 0 Å². The van der Waals surface area contributed by atoms with Gasteiger partial charge in [0.25, 0.3) is 0 Å². The maximum Gasteiger partial charge on any atom is 0.239 e. The van der Waals surface area contributed by atoms with Crippen LogP contribution in [-0.2, 0) is 4.79 Å². The monoisotopic (exact) mass is 370 g/mol. The molecule has 3 aromatic rings. The van der Waals surface area contributed by atoms with Crippen molar-refractivity contribution in [2.45, 2.75) is 6.92 Å². The molecule has 2 aromatic heterocycles. The van der Waals surface area contributed by atoms with Gasteiger partial charge in [-0.05, 0) is 19.1 Å². The van der Waals surface area contributed by atoms with E-state index in [9.17, 15) is 9.18 Å². The van der Waals surface area contributed by atoms with Crippen molar-refractivity contribution in [3.63, 3.8) is 0 Å². The third kappa shape index (κ3) is 3.72. The second-order valence-electron chi connectivity index (χ2n) is 6.47. The lowest BCUT2D eigenvalue weighted by Gasteiger charge is -2.35. The Morgan fingerprint density at radius 2 is 2.07 bits per heavy atom. The molecule has 1 aliphatic heterocycles. The first-order chi connectivity index (χ1) is 13.1. The number of nitrogens with zero attached hydrogens (tertiary/aromatic N) is 5. The number of hydrogen-bond acceptors (Lipinski definition) is 7. The number of benzene rings is 1. The van der Waals surface area contributed by atoms with Gasteiger partial charge in [-0.15, -0.1) is 0 Å². The number of hydrogen-bond donors (Lipinski definition) is 1. The van der Waals surface area contributed by atoms with Crippen LogP contribution in [0.5, 0.6) is 0 Å². The lowest BCUT2D eigenvalue weighted by Crippen LogP contribution is -2.49. The fraction of sp³-hybridized carbons (Fsp3) is 0.333. The van der Waals surface area contributed by atoms with Crippen molar-refractivity contribution in [1.82, 2.24) is 20.0 Å². The number of aromatic nitrogens is 3. The molecule has 0 aliphatic carbocycles. The zero-order chi connectivity index (χ0) is 18.8. The van der Waals surface area contributed by atoms with Gasteiger partial charge in [0, 0.05) is 32.2 Å². The van der Waals surface area contributed by atoms with Crippen LogP contribution in [0.15, 0.2) is 35.1 Å². The summed E-state index contributed by atoms with van der Waals surface area (Å²) >= 11 is 0. The Labute approximate surface area is 155 Å². The van der Waals surface area contributed by atoms with Crippen molar-refractivity contribution < 1.29 is 13.7 Å². The number of halogens is 1. The normalized spacial score (nSPS) is 15.3. The van der Waals surface area contributed by atoms with Gasteiger partial charge in [-0.3, -0.25) is 9.69 Å². The molecule has 1 amide bonds. The van der Waals surface area contributed by atoms with E-state index >= 15 is 0 Å². The Morgan fingerprint density at radius 1 is 1.26 bits per heavy atom. The van der Waals surface area contributed by atoms with E-state index in [2.05, 4.69) is 20.4 Å². The highest BCUT2D eigenvalue weighted by Crippen LogP contribution is 2.26. The molecule has 9 heteroatoms. The quantitative estimate of drug-likeness (QED) is 0.750. The predicted molar refractivity (Wildman–Crippen MR) is 98.0 cm³/mol. The molecule has 0 spiro atoms. The van der Waals surface area contributed by atoms with E-state index in [0.29, 0.717) is 54.5 Å². The molecule has 1 saturated heterocycles. The highest BCUT2D eigenvalue weighted by molar-refractivity contribution is 5.91. The van der Waals surface area contributed by atoms with Crippen LogP contribution < -0.4 is 10.2 Å². The molecule has 1 aliphatic rings. The van der Waals surface area contributed by atoms with Gasteiger partial charge in [0.2, 0.25) is 5.91 Å². The first kappa shape index (κ1) is 17.3. The number of carbonyl (C=O) groups excluding carboxylic acids is 1. The van der Waals surface area contributed by atoms with Crippen LogP contribution in [0.3, 0.4) is 0 Å². The molecule has 1 N–H and O–H groups in total. The van der Waals surface area contributed by atoms with Gasteiger partial charge in [0.15, 0.2) is 5.82 Å². The van der Waals surface area contributed by atoms with E-state index in [0.717, 1.165) is 0 Å². The Hall–Kier alpha value is -3.07. The molecule has 0 unspecified atom stereocenters. The van der Waals surface area contributed by atoms with Crippen molar-refractivity contribution in [3.05, 3.63) is 42.2 Å². The number of piperazine rings is 1. The number of nitrogens with one attached hydrogen (secondary N) is 1. The van der Waals surface area contributed by atoms with Crippen LogP contribution in [0, 0.1) is 12.7 Å². The number of anilines is 2. The summed E-state index contributed by atoms with van der Waals surface area (Å²) in [6.45, 7) is 4.67. The number of fused-ring (bicyclic) bond motifs is 1. The summed E-state index contributed by atoms with van der Waals surface area (Å²) in [6, 6.07) is 6.50. The van der Waals surface area contributed by atoms with Crippen molar-refractivity contribution in [2.75, 3.05) is 42.9 Å². The maximum atomic E-state index is 14.3. The van der Waals surface area contributed by atoms with Crippen molar-refractivity contribution >= 4 is 28.4 Å². The van der Waals surface area contributed by atoms with Crippen LogP contribution in [-0.4, -0.2) is 58.7 Å². The van der Waals surface area contributed by atoms with E-state index in [1.807, 2.05) is 9.80 Å². The van der Waals surface area contributed by atoms with Gasteiger partial charge in [-0.2, -0.15) is 0 Å². The minimum absolute atomic E-state index is 0.143. The Morgan fingerprint density at radius 3 is 2.81 bits per heavy atom. The fourth-order valence-electron chi connectivity index (χ4n) is 3.22. The topological polar surface area (TPSA) is 87.4 Å². The maximum absolute atomic E-state index is 14.3. The molecule has 3 heterocycles. The molecule has 140 valence electrons. The van der Waals surface area contributed by atoms with E-state index < -0.39 is 0 Å². The van der Waals surface area contributed by atoms with Gasteiger partial charge in [0.05, 0.1) is 17.4 Å². The Kier molecular flexibility index (Phi) is 4.68. The van der Waals surface area contributed by atoms with Gasteiger partial charge < -0.3 is 14.7 Å². The Balaban J connectivity index is 1.39. The van der Waals surface area contributed by atoms with Crippen molar-refractivity contribution in [3.8, 4) is 0 Å². The van der Waals surface area contributed by atoms with Gasteiger partial charge in [0.1, 0.15) is 23.7 Å². The molecule has 0 radical (unpaired) electrons. The summed E-state index contributed by atoms with van der Waals surface area (Å²) < 4.78 is 19.2. The largest absolute Gasteiger partial charge is 0.360 e. The zero-order valence-electron chi connectivity index (χ0n) is 14.9. The van der Waals surface area contributed by atoms with Gasteiger partial charge in [-0.25, -0.2) is 14.4 Å². The molecule has 8 nitrogen and oxygen atoms in total. The van der Waals surface area contributed by atoms with Crippen molar-refractivity contribution in [2.24, 2.45) is 0 Å². The summed E-state index contributed by atoms with van der Waals surface area (Å²) in [5.74, 6) is 1.19. The smallest absolute Gasteiger partial charge is 0.239 e. The fourth-order valence-corrected chi connectivity index (χ4v) is 3.22. The molecule has 0 atom stereocenters. The summed E-state index contributed by atoms with van der Waals surface area (Å²) in [5.41, 5.74) is 0.588. The standard InChI is InChI=1S/C18H19FN6O2/c1-12-9-15(23-27-12)22-16(26)10-24-5-7-25(8-6-24)18-17-13(19)3-2-4-14(17)20-11-21-18/h2-4,9,11H,5-8,10H2,1H3,(H,22,23,26). The summed E-state index contributed by atoms with van der Waals surface area (Å²) in [7, 11) is 0. The number of amides is 1. The van der Waals surface area contributed by atoms with Crippen LogP contribution in [0.4, 0.5) is 16.0 Å². The first-order valence-electron chi connectivity index (χ1n) is 8.70. The van der Waals surface area contributed by atoms with E-state index in [1.54, 1.807) is 25.1 Å². The molecule has 0 bridgehead atoms. The predicted octanol–water partition coefficient (Wildman–Crippen LogP) is 1.83. The summed E-state index contributed by atoms with van der Waals surface area (Å²) in [5, 5.41) is 6.91. The van der Waals surface area contributed by atoms with Crippen LogP contribution in [0.25, 0.3) is 10.9 Å². The van der Waals surface area contributed by atoms with E-state index in [1.165, 1.54) is 12.4 Å².